The quantitative estimate of drug-likeness (QED) is 0.205. The molecule has 0 fully saturated rings. The monoisotopic (exact) mass is 590 g/mol. The molecular formula is C39H24N4S. The van der Waals surface area contributed by atoms with Gasteiger partial charge < -0.3 is 0 Å². The Morgan fingerprint density at radius 2 is 1.09 bits per heavy atom. The first-order valence-corrected chi connectivity index (χ1v) is 14.6. The van der Waals surface area contributed by atoms with Gasteiger partial charge in [0.25, 0.3) is 0 Å². The average molecular weight is 591 g/mol. The van der Waals surface area contributed by atoms with Gasteiger partial charge in [0, 0.05) is 42.1 Å². The Bertz CT molecular complexity index is 3040. The van der Waals surface area contributed by atoms with Gasteiger partial charge in [-0.1, -0.05) is 127 Å². The summed E-state index contributed by atoms with van der Waals surface area (Å²) in [6.07, 6.45) is 0. The lowest BCUT2D eigenvalue weighted by Gasteiger charge is -2.11. The minimum atomic E-state index is -0.518. The number of thiophene rings is 1. The van der Waals surface area contributed by atoms with Gasteiger partial charge in [-0.2, -0.15) is 9.97 Å². The fourth-order valence-corrected chi connectivity index (χ4v) is 6.64. The van der Waals surface area contributed by atoms with Crippen molar-refractivity contribution in [2.75, 3.05) is 0 Å². The van der Waals surface area contributed by atoms with Crippen molar-refractivity contribution in [3.05, 3.63) is 145 Å². The van der Waals surface area contributed by atoms with Crippen molar-refractivity contribution in [2.24, 2.45) is 0 Å². The van der Waals surface area contributed by atoms with Gasteiger partial charge in [0.15, 0.2) is 11.6 Å². The molecule has 0 spiro atoms. The summed E-state index contributed by atoms with van der Waals surface area (Å²) in [6.45, 7) is 0. The van der Waals surface area contributed by atoms with Crippen LogP contribution in [0.5, 0.6) is 0 Å². The van der Waals surface area contributed by atoms with Crippen molar-refractivity contribution in [3.8, 4) is 39.9 Å². The molecule has 0 atom stereocenters. The SMILES string of the molecule is [2H]c1c([2H])c([2H])c2c(sc3c2c([2H])c([2H])c2c3c3c([2H])c([2H])c([2H])c([2H])c3n2-c2nc(-c3ccccc3)nc(-c3ccc(-c4ccccc4)cc3)n2)c1[2H]. The molecule has 3 heterocycles. The van der Waals surface area contributed by atoms with E-state index in [4.69, 9.17) is 25.9 Å². The molecule has 3 aromatic heterocycles. The van der Waals surface area contributed by atoms with E-state index in [9.17, 15) is 2.74 Å². The molecule has 0 aliphatic heterocycles. The maximum Gasteiger partial charge on any atom is 0.238 e. The van der Waals surface area contributed by atoms with Crippen molar-refractivity contribution < 1.29 is 13.7 Å². The van der Waals surface area contributed by atoms with Crippen molar-refractivity contribution in [1.29, 1.82) is 0 Å². The highest BCUT2D eigenvalue weighted by atomic mass is 32.1. The third kappa shape index (κ3) is 3.94. The lowest BCUT2D eigenvalue weighted by molar-refractivity contribution is 0.953. The molecular weight excluding hydrogens is 557 g/mol. The molecule has 0 unspecified atom stereocenters. The second-order valence-corrected chi connectivity index (χ2v) is 11.2. The predicted octanol–water partition coefficient (Wildman–Crippen LogP) is 10.3. The Hall–Kier alpha value is -5.65. The second-order valence-electron chi connectivity index (χ2n) is 10.1. The van der Waals surface area contributed by atoms with Crippen LogP contribution in [0.4, 0.5) is 0 Å². The maximum atomic E-state index is 9.43. The zero-order chi connectivity index (χ0) is 37.7. The van der Waals surface area contributed by atoms with Crippen LogP contribution in [0.15, 0.2) is 145 Å². The molecule has 44 heavy (non-hydrogen) atoms. The van der Waals surface area contributed by atoms with Crippen LogP contribution in [0.25, 0.3) is 81.8 Å². The normalized spacial score (nSPS) is 14.8. The Morgan fingerprint density at radius 1 is 0.500 bits per heavy atom. The average Bonchev–Trinajstić information content (AvgIpc) is 3.78. The molecule has 6 aromatic carbocycles. The smallest absolute Gasteiger partial charge is 0.238 e. The third-order valence-corrected chi connectivity index (χ3v) is 8.70. The molecule has 0 amide bonds. The van der Waals surface area contributed by atoms with E-state index in [2.05, 4.69) is 0 Å². The molecule has 4 nitrogen and oxygen atoms in total. The Labute approximate surface area is 271 Å². The van der Waals surface area contributed by atoms with Crippen molar-refractivity contribution >= 4 is 53.3 Å². The van der Waals surface area contributed by atoms with Crippen LogP contribution in [0.3, 0.4) is 0 Å². The number of hydrogen-bond acceptors (Lipinski definition) is 4. The van der Waals surface area contributed by atoms with E-state index in [-0.39, 0.29) is 89.8 Å². The van der Waals surface area contributed by atoms with Gasteiger partial charge in [0.2, 0.25) is 5.95 Å². The van der Waals surface area contributed by atoms with Gasteiger partial charge in [0.05, 0.1) is 24.7 Å². The number of para-hydroxylation sites is 1. The molecule has 0 aliphatic rings. The first-order valence-electron chi connectivity index (χ1n) is 18.8. The molecule has 0 saturated carbocycles. The summed E-state index contributed by atoms with van der Waals surface area (Å²) in [7, 11) is 0. The van der Waals surface area contributed by atoms with E-state index in [0.29, 0.717) is 11.1 Å². The van der Waals surface area contributed by atoms with Gasteiger partial charge in [-0.3, -0.25) is 4.57 Å². The zero-order valence-corrected chi connectivity index (χ0v) is 23.6. The van der Waals surface area contributed by atoms with E-state index in [1.165, 1.54) is 4.57 Å². The molecule has 0 bridgehead atoms. The van der Waals surface area contributed by atoms with Gasteiger partial charge in [0.1, 0.15) is 0 Å². The highest BCUT2D eigenvalue weighted by Gasteiger charge is 2.20. The van der Waals surface area contributed by atoms with Crippen LogP contribution in [0, 0.1) is 0 Å². The first-order chi connectivity index (χ1) is 26.0. The summed E-state index contributed by atoms with van der Waals surface area (Å²) >= 11 is 0.992. The lowest BCUT2D eigenvalue weighted by atomic mass is 10.0. The predicted molar refractivity (Wildman–Crippen MR) is 183 cm³/mol. The van der Waals surface area contributed by atoms with Crippen molar-refractivity contribution in [1.82, 2.24) is 19.5 Å². The van der Waals surface area contributed by atoms with Crippen LogP contribution in [-0.4, -0.2) is 19.5 Å². The molecule has 0 aliphatic carbocycles. The summed E-state index contributed by atoms with van der Waals surface area (Å²) in [5.41, 5.74) is 3.30. The van der Waals surface area contributed by atoms with E-state index < -0.39 is 30.2 Å². The van der Waals surface area contributed by atoms with Crippen molar-refractivity contribution in [2.45, 2.75) is 0 Å². The van der Waals surface area contributed by atoms with Crippen LogP contribution in [0.1, 0.15) is 13.7 Å². The summed E-state index contributed by atoms with van der Waals surface area (Å²) in [5, 5.41) is 0.426. The number of benzene rings is 6. The van der Waals surface area contributed by atoms with Crippen LogP contribution in [-0.2, 0) is 0 Å². The van der Waals surface area contributed by atoms with Crippen LogP contribution in [0.2, 0.25) is 0 Å². The number of rotatable bonds is 4. The number of hydrogen-bond donors (Lipinski definition) is 0. The summed E-state index contributed by atoms with van der Waals surface area (Å²) in [5.74, 6) is 0.481. The minimum Gasteiger partial charge on any atom is -0.278 e. The molecule has 9 rings (SSSR count). The van der Waals surface area contributed by atoms with E-state index >= 15 is 0 Å². The second kappa shape index (κ2) is 9.97. The number of nitrogens with zero attached hydrogens (tertiary/aromatic N) is 4. The molecule has 0 saturated heterocycles. The summed E-state index contributed by atoms with van der Waals surface area (Å²) in [6, 6.07) is 22.6. The molecule has 0 radical (unpaired) electrons. The van der Waals surface area contributed by atoms with E-state index in [1.54, 1.807) is 0 Å². The fraction of sp³-hybridized carbons (Fsp3) is 0. The van der Waals surface area contributed by atoms with E-state index in [0.717, 1.165) is 22.5 Å². The standard InChI is InChI=1S/C39H24N4S/c1-3-11-25(12-4-1)26-19-21-28(22-20-26)38-40-37(27-13-5-2-6-14-27)41-39(42-38)43-32-17-9-7-16-31(32)35-33(43)24-23-30-29-15-8-10-18-34(29)44-36(30)35/h1-24H/i7D,8D,9D,10D,15D,16D,17D,18D,23D,24D. The Balaban J connectivity index is 1.44. The largest absolute Gasteiger partial charge is 0.278 e. The first kappa shape index (κ1) is 16.8. The zero-order valence-electron chi connectivity index (χ0n) is 32.8. The molecule has 9 aromatic rings. The number of aromatic nitrogens is 4. The van der Waals surface area contributed by atoms with E-state index in [1.807, 2.05) is 84.9 Å². The van der Waals surface area contributed by atoms with Crippen LogP contribution >= 0.6 is 11.3 Å². The summed E-state index contributed by atoms with van der Waals surface area (Å²) in [4.78, 5) is 14.5. The Kier molecular flexibility index (Phi) is 3.82. The van der Waals surface area contributed by atoms with Gasteiger partial charge in [-0.05, 0) is 29.3 Å². The highest BCUT2D eigenvalue weighted by Crippen LogP contribution is 2.43. The topological polar surface area (TPSA) is 43.6 Å². The lowest BCUT2D eigenvalue weighted by Crippen LogP contribution is -2.06. The molecule has 0 N–H and O–H groups in total. The molecule has 5 heteroatoms. The van der Waals surface area contributed by atoms with Gasteiger partial charge in [-0.25, -0.2) is 4.98 Å². The summed E-state index contributed by atoms with van der Waals surface area (Å²) < 4.78 is 90.1. The third-order valence-electron chi connectivity index (χ3n) is 7.57. The van der Waals surface area contributed by atoms with Gasteiger partial charge >= 0.3 is 0 Å². The molecule has 206 valence electrons. The minimum absolute atomic E-state index is 0.0241. The Morgan fingerprint density at radius 3 is 1.84 bits per heavy atom. The fourth-order valence-electron chi connectivity index (χ4n) is 5.53. The van der Waals surface area contributed by atoms with Crippen LogP contribution < -0.4 is 0 Å². The number of fused-ring (bicyclic) bond motifs is 7. The van der Waals surface area contributed by atoms with Gasteiger partial charge in [-0.15, -0.1) is 11.3 Å². The maximum absolute atomic E-state index is 9.43. The van der Waals surface area contributed by atoms with Crippen molar-refractivity contribution in [3.63, 3.8) is 0 Å². The highest BCUT2D eigenvalue weighted by molar-refractivity contribution is 7.26.